The molecule has 2 nitrogen and oxygen atoms in total. The van der Waals surface area contributed by atoms with E-state index in [9.17, 15) is 13.2 Å². The Kier molecular flexibility index (Phi) is 6.15. The second-order valence-electron chi connectivity index (χ2n) is 4.20. The molecule has 0 bridgehead atoms. The average molecular weight is 286 g/mol. The minimum Gasteiger partial charge on any atom is -0.489 e. The van der Waals surface area contributed by atoms with Crippen molar-refractivity contribution in [2.45, 2.75) is 20.8 Å². The summed E-state index contributed by atoms with van der Waals surface area (Å²) in [5, 5.41) is 0. The number of rotatable bonds is 6. The SMILES string of the molecule is C/C(F)=C/COc1ccc(OC/C=C(/C)F)c(F)c1C. The van der Waals surface area contributed by atoms with Crippen molar-refractivity contribution in [2.75, 3.05) is 13.2 Å². The number of allylic oxidation sites excluding steroid dienone is 2. The molecular formula is C15H17F3O2. The highest BCUT2D eigenvalue weighted by Gasteiger charge is 2.11. The fraction of sp³-hybridized carbons (Fsp3) is 0.333. The van der Waals surface area contributed by atoms with Crippen molar-refractivity contribution in [3.8, 4) is 11.5 Å². The van der Waals surface area contributed by atoms with Crippen molar-refractivity contribution in [2.24, 2.45) is 0 Å². The van der Waals surface area contributed by atoms with Gasteiger partial charge >= 0.3 is 0 Å². The molecule has 0 unspecified atom stereocenters. The Morgan fingerprint density at radius 2 is 1.45 bits per heavy atom. The van der Waals surface area contributed by atoms with Gasteiger partial charge in [0.2, 0.25) is 0 Å². The van der Waals surface area contributed by atoms with Crippen LogP contribution >= 0.6 is 0 Å². The van der Waals surface area contributed by atoms with Gasteiger partial charge in [0.15, 0.2) is 11.6 Å². The van der Waals surface area contributed by atoms with Gasteiger partial charge in [-0.3, -0.25) is 0 Å². The Labute approximate surface area is 116 Å². The zero-order valence-electron chi connectivity index (χ0n) is 11.7. The maximum absolute atomic E-state index is 14.0. The van der Waals surface area contributed by atoms with Crippen molar-refractivity contribution < 1.29 is 22.6 Å². The van der Waals surface area contributed by atoms with Gasteiger partial charge in [-0.15, -0.1) is 0 Å². The van der Waals surface area contributed by atoms with Crippen molar-refractivity contribution in [1.29, 1.82) is 0 Å². The summed E-state index contributed by atoms with van der Waals surface area (Å²) in [7, 11) is 0. The molecule has 0 N–H and O–H groups in total. The summed E-state index contributed by atoms with van der Waals surface area (Å²) in [6.07, 6.45) is 2.45. The monoisotopic (exact) mass is 286 g/mol. The van der Waals surface area contributed by atoms with Crippen molar-refractivity contribution in [3.05, 3.63) is 47.3 Å². The van der Waals surface area contributed by atoms with Crippen LogP contribution in [0.25, 0.3) is 0 Å². The molecule has 1 aromatic rings. The molecule has 5 heteroatoms. The van der Waals surface area contributed by atoms with E-state index in [1.165, 1.54) is 45.1 Å². The van der Waals surface area contributed by atoms with Crippen LogP contribution in [0.15, 0.2) is 35.9 Å². The van der Waals surface area contributed by atoms with E-state index in [0.29, 0.717) is 5.75 Å². The summed E-state index contributed by atoms with van der Waals surface area (Å²) >= 11 is 0. The molecule has 0 saturated carbocycles. The van der Waals surface area contributed by atoms with E-state index in [1.54, 1.807) is 0 Å². The molecule has 0 spiro atoms. The molecular weight excluding hydrogens is 269 g/mol. The van der Waals surface area contributed by atoms with Crippen LogP contribution in [0.3, 0.4) is 0 Å². The standard InChI is InChI=1S/C15H17F3O2/c1-10(16)6-8-19-13-4-5-14(15(18)12(13)3)20-9-7-11(2)17/h4-7H,8-9H2,1-3H3/b10-6-,11-7-. The van der Waals surface area contributed by atoms with Crippen LogP contribution in [-0.4, -0.2) is 13.2 Å². The minimum atomic E-state index is -0.576. The Hall–Kier alpha value is -1.91. The van der Waals surface area contributed by atoms with E-state index >= 15 is 0 Å². The third kappa shape index (κ3) is 4.99. The number of hydrogen-bond acceptors (Lipinski definition) is 2. The minimum absolute atomic E-state index is 0.0181. The lowest BCUT2D eigenvalue weighted by atomic mass is 10.2. The Balaban J connectivity index is 2.76. The third-order valence-corrected chi connectivity index (χ3v) is 2.51. The lowest BCUT2D eigenvalue weighted by Gasteiger charge is -2.11. The quantitative estimate of drug-likeness (QED) is 0.758. The zero-order valence-corrected chi connectivity index (χ0v) is 11.7. The molecule has 0 fully saturated rings. The fourth-order valence-electron chi connectivity index (χ4n) is 1.40. The van der Waals surface area contributed by atoms with Gasteiger partial charge in [0, 0.05) is 5.56 Å². The average Bonchev–Trinajstić information content (AvgIpc) is 2.36. The Morgan fingerprint density at radius 1 is 1.00 bits per heavy atom. The lowest BCUT2D eigenvalue weighted by molar-refractivity contribution is 0.327. The lowest BCUT2D eigenvalue weighted by Crippen LogP contribution is -2.01. The molecule has 1 rings (SSSR count). The third-order valence-electron chi connectivity index (χ3n) is 2.51. The van der Waals surface area contributed by atoms with Crippen LogP contribution in [0.2, 0.25) is 0 Å². The summed E-state index contributed by atoms with van der Waals surface area (Å²) in [5.74, 6) is -1.01. The van der Waals surface area contributed by atoms with Crippen LogP contribution in [-0.2, 0) is 0 Å². The maximum atomic E-state index is 14.0. The summed E-state index contributed by atoms with van der Waals surface area (Å²) < 4.78 is 49.3. The van der Waals surface area contributed by atoms with Crippen LogP contribution < -0.4 is 9.47 Å². The predicted molar refractivity (Wildman–Crippen MR) is 71.9 cm³/mol. The van der Waals surface area contributed by atoms with Gasteiger partial charge in [-0.1, -0.05) is 0 Å². The molecule has 0 atom stereocenters. The number of benzene rings is 1. The van der Waals surface area contributed by atoms with Crippen molar-refractivity contribution in [3.63, 3.8) is 0 Å². The van der Waals surface area contributed by atoms with Gasteiger partial charge in [-0.05, 0) is 45.1 Å². The second kappa shape index (κ2) is 7.62. The van der Waals surface area contributed by atoms with Gasteiger partial charge in [-0.25, -0.2) is 13.2 Å². The van der Waals surface area contributed by atoms with E-state index in [0.717, 1.165) is 0 Å². The highest BCUT2D eigenvalue weighted by molar-refractivity contribution is 5.41. The number of halogens is 3. The molecule has 0 aliphatic rings. The van der Waals surface area contributed by atoms with E-state index in [4.69, 9.17) is 9.47 Å². The van der Waals surface area contributed by atoms with E-state index in [2.05, 4.69) is 0 Å². The highest BCUT2D eigenvalue weighted by Crippen LogP contribution is 2.28. The first-order valence-electron chi connectivity index (χ1n) is 6.11. The van der Waals surface area contributed by atoms with Crippen LogP contribution in [0.1, 0.15) is 19.4 Å². The molecule has 0 aliphatic carbocycles. The topological polar surface area (TPSA) is 18.5 Å². The van der Waals surface area contributed by atoms with E-state index in [-0.39, 0.29) is 30.4 Å². The first-order chi connectivity index (χ1) is 9.41. The van der Waals surface area contributed by atoms with Crippen LogP contribution in [0.5, 0.6) is 11.5 Å². The van der Waals surface area contributed by atoms with Crippen LogP contribution in [0, 0.1) is 12.7 Å². The smallest absolute Gasteiger partial charge is 0.171 e. The molecule has 110 valence electrons. The van der Waals surface area contributed by atoms with Gasteiger partial charge in [0.1, 0.15) is 19.0 Å². The molecule has 0 heterocycles. The summed E-state index contributed by atoms with van der Waals surface area (Å²) in [4.78, 5) is 0. The first-order valence-corrected chi connectivity index (χ1v) is 6.11. The van der Waals surface area contributed by atoms with Gasteiger partial charge in [0.25, 0.3) is 0 Å². The zero-order chi connectivity index (χ0) is 15.1. The normalized spacial score (nSPS) is 12.5. The van der Waals surface area contributed by atoms with Gasteiger partial charge in [0.05, 0.1) is 11.7 Å². The maximum Gasteiger partial charge on any atom is 0.171 e. The van der Waals surface area contributed by atoms with Crippen molar-refractivity contribution in [1.82, 2.24) is 0 Å². The molecule has 0 aromatic heterocycles. The molecule has 0 aliphatic heterocycles. The first kappa shape index (κ1) is 16.1. The Morgan fingerprint density at radius 3 is 1.95 bits per heavy atom. The Bertz CT molecular complexity index is 467. The summed E-state index contributed by atoms with van der Waals surface area (Å²) in [6.45, 7) is 4.07. The highest BCUT2D eigenvalue weighted by atomic mass is 19.1. The fourth-order valence-corrected chi connectivity index (χ4v) is 1.40. The molecule has 0 radical (unpaired) electrons. The molecule has 20 heavy (non-hydrogen) atoms. The van der Waals surface area contributed by atoms with Gasteiger partial charge < -0.3 is 9.47 Å². The number of hydrogen-bond donors (Lipinski definition) is 0. The predicted octanol–water partition coefficient (Wildman–Crippen LogP) is 4.64. The largest absolute Gasteiger partial charge is 0.489 e. The number of ether oxygens (including phenoxy) is 2. The second-order valence-corrected chi connectivity index (χ2v) is 4.20. The van der Waals surface area contributed by atoms with E-state index < -0.39 is 11.6 Å². The summed E-state index contributed by atoms with van der Waals surface area (Å²) in [6, 6.07) is 2.92. The molecule has 0 saturated heterocycles. The summed E-state index contributed by atoms with van der Waals surface area (Å²) in [5.41, 5.74) is 0.258. The van der Waals surface area contributed by atoms with Crippen LogP contribution in [0.4, 0.5) is 13.2 Å². The van der Waals surface area contributed by atoms with Crippen molar-refractivity contribution >= 4 is 0 Å². The van der Waals surface area contributed by atoms with E-state index in [1.807, 2.05) is 0 Å². The molecule has 0 amide bonds. The van der Waals surface area contributed by atoms with Gasteiger partial charge in [-0.2, -0.15) is 0 Å². The molecule has 1 aromatic carbocycles.